The van der Waals surface area contributed by atoms with Crippen molar-refractivity contribution in [2.45, 2.75) is 6.54 Å². The van der Waals surface area contributed by atoms with Crippen LogP contribution in [0.25, 0.3) is 11.3 Å². The van der Waals surface area contributed by atoms with Gasteiger partial charge in [-0.15, -0.1) is 0 Å². The first-order chi connectivity index (χ1) is 14.7. The molecule has 1 aliphatic rings. The van der Waals surface area contributed by atoms with E-state index in [4.69, 9.17) is 21.1 Å². The molecule has 8 nitrogen and oxygen atoms in total. The number of nitrogens with zero attached hydrogens (tertiary/aromatic N) is 3. The molecule has 9 heteroatoms. The number of hydrogen-bond acceptors (Lipinski definition) is 5. The maximum atomic E-state index is 12.6. The Labute approximate surface area is 176 Å². The predicted octanol–water partition coefficient (Wildman–Crippen LogP) is 3.96. The molecule has 0 saturated heterocycles. The largest absolute Gasteiger partial charge is 0.454 e. The molecule has 150 valence electrons. The minimum absolute atomic E-state index is 0.206. The number of hydrogen-bond donors (Lipinski definition) is 2. The van der Waals surface area contributed by atoms with Crippen LogP contribution in [0.3, 0.4) is 0 Å². The molecule has 0 spiro atoms. The number of benzene rings is 2. The molecular weight excluding hydrogens is 406 g/mol. The van der Waals surface area contributed by atoms with Crippen molar-refractivity contribution in [2.75, 3.05) is 12.1 Å². The molecule has 0 bridgehead atoms. The first kappa shape index (κ1) is 18.3. The topological polar surface area (TPSA) is 94.1 Å². The molecule has 2 N–H and O–H groups in total. The third-order valence-electron chi connectivity index (χ3n) is 4.67. The van der Waals surface area contributed by atoms with Crippen molar-refractivity contribution in [3.05, 3.63) is 77.2 Å². The molecule has 1 amide bonds. The number of carbonyl (C=O) groups is 1. The van der Waals surface area contributed by atoms with Crippen molar-refractivity contribution in [1.82, 2.24) is 20.0 Å². The van der Waals surface area contributed by atoms with E-state index in [9.17, 15) is 4.79 Å². The zero-order valence-corrected chi connectivity index (χ0v) is 16.4. The highest BCUT2D eigenvalue weighted by Crippen LogP contribution is 2.35. The average molecular weight is 422 g/mol. The highest BCUT2D eigenvalue weighted by molar-refractivity contribution is 6.31. The van der Waals surface area contributed by atoms with Gasteiger partial charge in [-0.1, -0.05) is 29.8 Å². The lowest BCUT2D eigenvalue weighted by molar-refractivity contribution is 0.102. The van der Waals surface area contributed by atoms with Gasteiger partial charge in [0.25, 0.3) is 5.91 Å². The molecular formula is C21H16ClN5O3. The Balaban J connectivity index is 1.27. The van der Waals surface area contributed by atoms with Crippen LogP contribution in [-0.2, 0) is 6.54 Å². The summed E-state index contributed by atoms with van der Waals surface area (Å²) in [5.74, 6) is 1.04. The van der Waals surface area contributed by atoms with Gasteiger partial charge in [-0.2, -0.15) is 10.2 Å². The summed E-state index contributed by atoms with van der Waals surface area (Å²) in [5.41, 5.74) is 3.31. The summed E-state index contributed by atoms with van der Waals surface area (Å²) in [6.07, 6.45) is 3.33. The second kappa shape index (κ2) is 7.57. The quantitative estimate of drug-likeness (QED) is 0.508. The van der Waals surface area contributed by atoms with Gasteiger partial charge in [-0.3, -0.25) is 14.6 Å². The number of amides is 1. The van der Waals surface area contributed by atoms with E-state index in [0.29, 0.717) is 40.1 Å². The molecule has 3 heterocycles. The van der Waals surface area contributed by atoms with E-state index in [1.807, 2.05) is 42.5 Å². The van der Waals surface area contributed by atoms with Crippen molar-refractivity contribution in [1.29, 1.82) is 0 Å². The van der Waals surface area contributed by atoms with Gasteiger partial charge in [0.05, 0.1) is 24.1 Å². The Morgan fingerprint density at radius 2 is 2.03 bits per heavy atom. The fourth-order valence-corrected chi connectivity index (χ4v) is 3.35. The van der Waals surface area contributed by atoms with Crippen LogP contribution in [0, 0.1) is 0 Å². The van der Waals surface area contributed by atoms with E-state index in [0.717, 1.165) is 11.1 Å². The van der Waals surface area contributed by atoms with Crippen molar-refractivity contribution in [3.8, 4) is 22.8 Å². The van der Waals surface area contributed by atoms with Gasteiger partial charge < -0.3 is 14.8 Å². The standard InChI is InChI=1S/C21H16ClN5O3/c22-16-4-2-1-3-14(16)10-27-11-15(9-23-27)24-21(28)18-8-17(25-26-18)13-5-6-19-20(7-13)30-12-29-19/h1-9,11H,10,12H2,(H,24,28)(H,25,26). The molecule has 2 aromatic heterocycles. The maximum absolute atomic E-state index is 12.6. The summed E-state index contributed by atoms with van der Waals surface area (Å²) in [7, 11) is 0. The molecule has 0 fully saturated rings. The molecule has 5 rings (SSSR count). The lowest BCUT2D eigenvalue weighted by atomic mass is 10.1. The van der Waals surface area contributed by atoms with Gasteiger partial charge in [-0.05, 0) is 35.9 Å². The zero-order valence-electron chi connectivity index (χ0n) is 15.6. The minimum Gasteiger partial charge on any atom is -0.454 e. The monoisotopic (exact) mass is 421 g/mol. The fourth-order valence-electron chi connectivity index (χ4n) is 3.16. The van der Waals surface area contributed by atoms with Crippen LogP contribution in [0.15, 0.2) is 60.9 Å². The Hall–Kier alpha value is -3.78. The number of ether oxygens (including phenoxy) is 2. The smallest absolute Gasteiger partial charge is 0.273 e. The highest BCUT2D eigenvalue weighted by atomic mass is 35.5. The maximum Gasteiger partial charge on any atom is 0.273 e. The molecule has 2 aromatic carbocycles. The molecule has 0 radical (unpaired) electrons. The van der Waals surface area contributed by atoms with E-state index in [1.165, 1.54) is 0 Å². The summed E-state index contributed by atoms with van der Waals surface area (Å²) in [5, 5.41) is 14.8. The van der Waals surface area contributed by atoms with Gasteiger partial charge in [0.1, 0.15) is 5.69 Å². The highest BCUT2D eigenvalue weighted by Gasteiger charge is 2.17. The number of nitrogens with one attached hydrogen (secondary N) is 2. The third kappa shape index (κ3) is 3.60. The molecule has 0 atom stereocenters. The summed E-state index contributed by atoms with van der Waals surface area (Å²) < 4.78 is 12.4. The SMILES string of the molecule is O=C(Nc1cnn(Cc2ccccc2Cl)c1)c1cc(-c2ccc3c(c2)OCO3)n[nH]1. The molecule has 0 aliphatic carbocycles. The van der Waals surface area contributed by atoms with Crippen molar-refractivity contribution < 1.29 is 14.3 Å². The van der Waals surface area contributed by atoms with E-state index in [2.05, 4.69) is 20.6 Å². The van der Waals surface area contributed by atoms with E-state index >= 15 is 0 Å². The van der Waals surface area contributed by atoms with Crippen LogP contribution >= 0.6 is 11.6 Å². The van der Waals surface area contributed by atoms with Crippen LogP contribution in [0.5, 0.6) is 11.5 Å². The molecule has 4 aromatic rings. The third-order valence-corrected chi connectivity index (χ3v) is 5.04. The van der Waals surface area contributed by atoms with E-state index in [-0.39, 0.29) is 12.7 Å². The van der Waals surface area contributed by atoms with Crippen LogP contribution in [-0.4, -0.2) is 32.7 Å². The summed E-state index contributed by atoms with van der Waals surface area (Å²) in [4.78, 5) is 12.6. The van der Waals surface area contributed by atoms with Gasteiger partial charge in [0, 0.05) is 16.8 Å². The van der Waals surface area contributed by atoms with Crippen molar-refractivity contribution in [2.24, 2.45) is 0 Å². The minimum atomic E-state index is -0.313. The number of H-pyrrole nitrogens is 1. The number of anilines is 1. The van der Waals surface area contributed by atoms with Crippen molar-refractivity contribution in [3.63, 3.8) is 0 Å². The van der Waals surface area contributed by atoms with Crippen LogP contribution < -0.4 is 14.8 Å². The van der Waals surface area contributed by atoms with Crippen LogP contribution in [0.4, 0.5) is 5.69 Å². The Morgan fingerprint density at radius 3 is 2.93 bits per heavy atom. The van der Waals surface area contributed by atoms with Crippen molar-refractivity contribution >= 4 is 23.2 Å². The van der Waals surface area contributed by atoms with Crippen LogP contribution in [0.1, 0.15) is 16.1 Å². The number of aromatic amines is 1. The average Bonchev–Trinajstić information content (AvgIpc) is 3.50. The second-order valence-electron chi connectivity index (χ2n) is 6.71. The lowest BCUT2D eigenvalue weighted by Crippen LogP contribution is -2.11. The van der Waals surface area contributed by atoms with Gasteiger partial charge in [0.15, 0.2) is 11.5 Å². The van der Waals surface area contributed by atoms with E-state index < -0.39 is 0 Å². The second-order valence-corrected chi connectivity index (χ2v) is 7.11. The van der Waals surface area contributed by atoms with Gasteiger partial charge in [-0.25, -0.2) is 0 Å². The van der Waals surface area contributed by atoms with E-state index in [1.54, 1.807) is 23.1 Å². The molecule has 30 heavy (non-hydrogen) atoms. The number of halogens is 1. The number of aromatic nitrogens is 4. The normalized spacial score (nSPS) is 12.2. The predicted molar refractivity (Wildman–Crippen MR) is 111 cm³/mol. The molecule has 1 aliphatic heterocycles. The molecule has 0 unspecified atom stereocenters. The first-order valence-corrected chi connectivity index (χ1v) is 9.56. The summed E-state index contributed by atoms with van der Waals surface area (Å²) in [6, 6.07) is 14.8. The van der Waals surface area contributed by atoms with Gasteiger partial charge in [0.2, 0.25) is 6.79 Å². The summed E-state index contributed by atoms with van der Waals surface area (Å²) in [6.45, 7) is 0.713. The summed E-state index contributed by atoms with van der Waals surface area (Å²) >= 11 is 6.19. The Kier molecular flexibility index (Phi) is 4.61. The number of rotatable bonds is 5. The Morgan fingerprint density at radius 1 is 1.17 bits per heavy atom. The van der Waals surface area contributed by atoms with Crippen LogP contribution in [0.2, 0.25) is 5.02 Å². The first-order valence-electron chi connectivity index (χ1n) is 9.18. The number of carbonyl (C=O) groups excluding carboxylic acids is 1. The number of fused-ring (bicyclic) bond motifs is 1. The fraction of sp³-hybridized carbons (Fsp3) is 0.0952. The Bertz CT molecular complexity index is 1230. The molecule has 0 saturated carbocycles. The lowest BCUT2D eigenvalue weighted by Gasteiger charge is -2.04. The zero-order chi connectivity index (χ0) is 20.5. The van der Waals surface area contributed by atoms with Gasteiger partial charge >= 0.3 is 0 Å².